The highest BCUT2D eigenvalue weighted by molar-refractivity contribution is 8.01. The summed E-state index contributed by atoms with van der Waals surface area (Å²) in [5.41, 5.74) is 1.50. The Bertz CT molecular complexity index is 1240. The largest absolute Gasteiger partial charge is 0.496 e. The number of nitrogens with one attached hydrogen (secondary N) is 1. The summed E-state index contributed by atoms with van der Waals surface area (Å²) in [5, 5.41) is 4.19. The number of carbonyl (C=O) groups excluding carboxylic acids is 2. The van der Waals surface area contributed by atoms with Crippen LogP contribution in [0.15, 0.2) is 33.5 Å². The van der Waals surface area contributed by atoms with Gasteiger partial charge in [-0.3, -0.25) is 9.59 Å². The van der Waals surface area contributed by atoms with Gasteiger partial charge in [0.1, 0.15) is 22.5 Å². The summed E-state index contributed by atoms with van der Waals surface area (Å²) in [7, 11) is 1.56. The van der Waals surface area contributed by atoms with Gasteiger partial charge >= 0.3 is 0 Å². The molecule has 0 saturated carbocycles. The summed E-state index contributed by atoms with van der Waals surface area (Å²) < 4.78 is 6.48. The number of anilines is 2. The molecule has 0 atom stereocenters. The van der Waals surface area contributed by atoms with Crippen LogP contribution in [0.4, 0.5) is 10.9 Å². The molecule has 12 heteroatoms. The molecule has 1 aromatic carbocycles. The number of hydrogen-bond acceptors (Lipinski definition) is 9. The van der Waals surface area contributed by atoms with Crippen LogP contribution in [-0.2, 0) is 4.79 Å². The summed E-state index contributed by atoms with van der Waals surface area (Å²) in [4.78, 5) is 42.2. The number of aromatic nitrogens is 3. The molecule has 2 aromatic heterocycles. The second-order valence-electron chi connectivity index (χ2n) is 7.95. The Labute approximate surface area is 216 Å². The molecule has 35 heavy (non-hydrogen) atoms. The molecular weight excluding hydrogens is 508 g/mol. The first kappa shape index (κ1) is 25.2. The van der Waals surface area contributed by atoms with Crippen molar-refractivity contribution in [2.45, 2.75) is 29.9 Å². The van der Waals surface area contributed by atoms with Crippen LogP contribution in [0.3, 0.4) is 0 Å². The van der Waals surface area contributed by atoms with E-state index < -0.39 is 0 Å². The molecule has 0 unspecified atom stereocenters. The van der Waals surface area contributed by atoms with Crippen LogP contribution in [0.2, 0.25) is 5.15 Å². The molecule has 2 amide bonds. The highest BCUT2D eigenvalue weighted by Gasteiger charge is 2.26. The van der Waals surface area contributed by atoms with Gasteiger partial charge in [0.05, 0.1) is 23.1 Å². The molecule has 0 spiro atoms. The van der Waals surface area contributed by atoms with E-state index in [9.17, 15) is 9.59 Å². The number of carbonyl (C=O) groups is 2. The predicted octanol–water partition coefficient (Wildman–Crippen LogP) is 4.41. The molecule has 184 valence electrons. The molecule has 0 aliphatic carbocycles. The van der Waals surface area contributed by atoms with Gasteiger partial charge in [0.2, 0.25) is 5.91 Å². The molecule has 4 rings (SSSR count). The van der Waals surface area contributed by atoms with Gasteiger partial charge in [-0.15, -0.1) is 0 Å². The van der Waals surface area contributed by atoms with E-state index in [1.165, 1.54) is 23.1 Å². The van der Waals surface area contributed by atoms with E-state index in [-0.39, 0.29) is 11.8 Å². The second kappa shape index (κ2) is 10.8. The fraction of sp³-hybridized carbons (Fsp3) is 0.348. The Kier molecular flexibility index (Phi) is 7.78. The third kappa shape index (κ3) is 6.03. The number of halogens is 1. The van der Waals surface area contributed by atoms with Crippen LogP contribution in [0, 0.1) is 13.8 Å². The van der Waals surface area contributed by atoms with Crippen LogP contribution < -0.4 is 10.1 Å². The van der Waals surface area contributed by atoms with Crippen LogP contribution in [0.25, 0.3) is 0 Å². The lowest BCUT2D eigenvalue weighted by molar-refractivity contribution is -0.130. The molecule has 0 radical (unpaired) electrons. The van der Waals surface area contributed by atoms with Crippen LogP contribution in [0.5, 0.6) is 5.75 Å². The van der Waals surface area contributed by atoms with E-state index >= 15 is 0 Å². The maximum atomic E-state index is 13.3. The number of nitrogens with zero attached hydrogens (tertiary/aromatic N) is 5. The second-order valence-corrected chi connectivity index (χ2v) is 10.7. The van der Waals surface area contributed by atoms with Gasteiger partial charge in [0.15, 0.2) is 5.13 Å². The standard InChI is InChI=1S/C23H25ClN6O3S2/c1-13-9-17(33-4)16(22(32)30-7-5-29(6-8-30)15(3)31)10-18(13)34-21-12-25-23(35-21)28-20-11-19(24)26-14(2)27-20/h9-12H,5-8H2,1-4H3,(H,25,26,27,28). The summed E-state index contributed by atoms with van der Waals surface area (Å²) in [6, 6.07) is 5.40. The van der Waals surface area contributed by atoms with Crippen molar-refractivity contribution in [3.05, 3.63) is 46.5 Å². The number of aryl methyl sites for hydroxylation is 2. The minimum Gasteiger partial charge on any atom is -0.496 e. The highest BCUT2D eigenvalue weighted by Crippen LogP contribution is 2.39. The first-order valence-electron chi connectivity index (χ1n) is 10.9. The third-order valence-corrected chi connectivity index (χ3v) is 7.84. The predicted molar refractivity (Wildman–Crippen MR) is 137 cm³/mol. The Balaban J connectivity index is 1.51. The number of hydrogen-bond donors (Lipinski definition) is 1. The van der Waals surface area contributed by atoms with Crippen LogP contribution in [0.1, 0.15) is 28.7 Å². The minimum absolute atomic E-state index is 0.0278. The summed E-state index contributed by atoms with van der Waals surface area (Å²) >= 11 is 9.02. The number of methoxy groups -OCH3 is 1. The quantitative estimate of drug-likeness (QED) is 0.466. The van der Waals surface area contributed by atoms with Gasteiger partial charge in [0, 0.05) is 44.1 Å². The maximum Gasteiger partial charge on any atom is 0.257 e. The van der Waals surface area contributed by atoms with Gasteiger partial charge in [0.25, 0.3) is 5.91 Å². The molecular formula is C23H25ClN6O3S2. The van der Waals surface area contributed by atoms with E-state index in [4.69, 9.17) is 16.3 Å². The first-order valence-corrected chi connectivity index (χ1v) is 12.9. The Morgan fingerprint density at radius 2 is 1.83 bits per heavy atom. The number of piperazine rings is 1. The van der Waals surface area contributed by atoms with E-state index in [1.54, 1.807) is 43.0 Å². The lowest BCUT2D eigenvalue weighted by Gasteiger charge is -2.34. The third-order valence-electron chi connectivity index (χ3n) is 5.48. The molecule has 1 aliphatic rings. The zero-order valence-corrected chi connectivity index (χ0v) is 22.2. The SMILES string of the molecule is COc1cc(C)c(Sc2cnc(Nc3cc(Cl)nc(C)n3)s2)cc1C(=O)N1CCN(C(C)=O)CC1. The molecule has 1 fully saturated rings. The molecule has 1 saturated heterocycles. The summed E-state index contributed by atoms with van der Waals surface area (Å²) in [5.74, 6) is 1.61. The zero-order chi connectivity index (χ0) is 25.1. The van der Waals surface area contributed by atoms with Crippen molar-refractivity contribution < 1.29 is 14.3 Å². The highest BCUT2D eigenvalue weighted by atomic mass is 35.5. The van der Waals surface area contributed by atoms with Gasteiger partial charge < -0.3 is 19.9 Å². The van der Waals surface area contributed by atoms with Crippen LogP contribution >= 0.6 is 34.7 Å². The smallest absolute Gasteiger partial charge is 0.257 e. The summed E-state index contributed by atoms with van der Waals surface area (Å²) in [6.45, 7) is 7.36. The molecule has 1 N–H and O–H groups in total. The van der Waals surface area contributed by atoms with E-state index in [0.29, 0.717) is 59.4 Å². The molecule has 9 nitrogen and oxygen atoms in total. The first-order chi connectivity index (χ1) is 16.7. The number of benzene rings is 1. The molecule has 3 aromatic rings. The fourth-order valence-corrected chi connectivity index (χ4v) is 5.85. The van der Waals surface area contributed by atoms with Crippen molar-refractivity contribution in [2.24, 2.45) is 0 Å². The van der Waals surface area contributed by atoms with Gasteiger partial charge in [-0.25, -0.2) is 15.0 Å². The van der Waals surface area contributed by atoms with Crippen molar-refractivity contribution in [2.75, 3.05) is 38.6 Å². The average Bonchev–Trinajstić information content (AvgIpc) is 3.25. The van der Waals surface area contributed by atoms with Crippen molar-refractivity contribution in [1.82, 2.24) is 24.8 Å². The summed E-state index contributed by atoms with van der Waals surface area (Å²) in [6.07, 6.45) is 1.78. The van der Waals surface area contributed by atoms with Crippen molar-refractivity contribution in [1.29, 1.82) is 0 Å². The topological polar surface area (TPSA) is 101 Å². The van der Waals surface area contributed by atoms with Gasteiger partial charge in [-0.1, -0.05) is 34.7 Å². The van der Waals surface area contributed by atoms with E-state index in [0.717, 1.165) is 14.7 Å². The van der Waals surface area contributed by atoms with Gasteiger partial charge in [-0.05, 0) is 31.5 Å². The van der Waals surface area contributed by atoms with Crippen molar-refractivity contribution in [3.8, 4) is 5.75 Å². The zero-order valence-electron chi connectivity index (χ0n) is 19.8. The van der Waals surface area contributed by atoms with E-state index in [2.05, 4.69) is 20.3 Å². The average molecular weight is 533 g/mol. The number of ether oxygens (including phenoxy) is 1. The van der Waals surface area contributed by atoms with Gasteiger partial charge in [-0.2, -0.15) is 0 Å². The number of thiazole rings is 1. The normalized spacial score (nSPS) is 13.6. The molecule has 1 aliphatic heterocycles. The lowest BCUT2D eigenvalue weighted by Crippen LogP contribution is -2.50. The van der Waals surface area contributed by atoms with Crippen molar-refractivity contribution in [3.63, 3.8) is 0 Å². The molecule has 3 heterocycles. The van der Waals surface area contributed by atoms with Crippen LogP contribution in [-0.4, -0.2) is 69.9 Å². The maximum absolute atomic E-state index is 13.3. The Hall–Kier alpha value is -2.89. The number of amides is 2. The monoisotopic (exact) mass is 532 g/mol. The Morgan fingerprint density at radius 1 is 1.11 bits per heavy atom. The Morgan fingerprint density at radius 3 is 2.49 bits per heavy atom. The minimum atomic E-state index is -0.102. The molecule has 0 bridgehead atoms. The fourth-order valence-electron chi connectivity index (χ4n) is 3.68. The number of rotatable bonds is 6. The van der Waals surface area contributed by atoms with E-state index in [1.807, 2.05) is 19.1 Å². The van der Waals surface area contributed by atoms with Crippen molar-refractivity contribution >= 4 is 57.5 Å². The lowest BCUT2D eigenvalue weighted by atomic mass is 10.1.